The van der Waals surface area contributed by atoms with Crippen LogP contribution in [0.25, 0.3) is 0 Å². The minimum Gasteiger partial charge on any atom is -0.357 e. The van der Waals surface area contributed by atoms with Gasteiger partial charge < -0.3 is 10.6 Å². The van der Waals surface area contributed by atoms with Gasteiger partial charge in [-0.05, 0) is 30.5 Å². The number of rotatable bonds is 4. The van der Waals surface area contributed by atoms with Crippen molar-refractivity contribution in [2.75, 3.05) is 17.7 Å². The van der Waals surface area contributed by atoms with Crippen LogP contribution in [0.5, 0.6) is 0 Å². The van der Waals surface area contributed by atoms with Crippen LogP contribution >= 0.6 is 0 Å². The Morgan fingerprint density at radius 3 is 2.32 bits per heavy atom. The average Bonchev–Trinajstić information content (AvgIpc) is 2.38. The van der Waals surface area contributed by atoms with Gasteiger partial charge in [-0.2, -0.15) is 4.98 Å². The van der Waals surface area contributed by atoms with Crippen molar-refractivity contribution in [1.29, 1.82) is 0 Å². The van der Waals surface area contributed by atoms with Gasteiger partial charge in [0.1, 0.15) is 5.82 Å². The van der Waals surface area contributed by atoms with Gasteiger partial charge in [0, 0.05) is 24.5 Å². The minimum atomic E-state index is 0.547. The summed E-state index contributed by atoms with van der Waals surface area (Å²) in [7, 11) is 1.82. The van der Waals surface area contributed by atoms with E-state index in [9.17, 15) is 0 Å². The first kappa shape index (κ1) is 13.3. The van der Waals surface area contributed by atoms with E-state index in [4.69, 9.17) is 0 Å². The Morgan fingerprint density at radius 1 is 1.05 bits per heavy atom. The highest BCUT2D eigenvalue weighted by Gasteiger charge is 2.02. The first-order chi connectivity index (χ1) is 9.08. The molecule has 1 aromatic heterocycles. The third-order valence-corrected chi connectivity index (χ3v) is 2.93. The van der Waals surface area contributed by atoms with Crippen molar-refractivity contribution in [2.24, 2.45) is 0 Å². The van der Waals surface area contributed by atoms with Crippen molar-refractivity contribution in [3.63, 3.8) is 0 Å². The highest BCUT2D eigenvalue weighted by molar-refractivity contribution is 5.58. The van der Waals surface area contributed by atoms with Crippen molar-refractivity contribution in [3.8, 4) is 0 Å². The van der Waals surface area contributed by atoms with Gasteiger partial charge in [-0.1, -0.05) is 26.0 Å². The van der Waals surface area contributed by atoms with Crippen molar-refractivity contribution in [1.82, 2.24) is 9.97 Å². The number of aryl methyl sites for hydroxylation is 1. The van der Waals surface area contributed by atoms with Gasteiger partial charge in [0.15, 0.2) is 0 Å². The number of benzene rings is 1. The molecule has 0 bridgehead atoms. The maximum atomic E-state index is 4.37. The zero-order valence-corrected chi connectivity index (χ0v) is 11.9. The van der Waals surface area contributed by atoms with E-state index in [2.05, 4.69) is 58.7 Å². The molecule has 4 heteroatoms. The molecular weight excluding hydrogens is 236 g/mol. The molecule has 0 fully saturated rings. The lowest BCUT2D eigenvalue weighted by Gasteiger charge is -2.10. The molecule has 0 saturated carbocycles. The van der Waals surface area contributed by atoms with E-state index in [0.717, 1.165) is 17.2 Å². The third kappa shape index (κ3) is 3.44. The first-order valence-corrected chi connectivity index (χ1v) is 6.49. The fourth-order valence-corrected chi connectivity index (χ4v) is 1.84. The summed E-state index contributed by atoms with van der Waals surface area (Å²) < 4.78 is 0. The molecule has 4 nitrogen and oxygen atoms in total. The molecule has 2 aromatic rings. The third-order valence-electron chi connectivity index (χ3n) is 2.93. The number of aromatic nitrogens is 2. The SMILES string of the molecule is CNc1nc(C)cc(Nc2ccc(C(C)C)cc2)n1. The Bertz CT molecular complexity index is 547. The summed E-state index contributed by atoms with van der Waals surface area (Å²) >= 11 is 0. The number of hydrogen-bond acceptors (Lipinski definition) is 4. The van der Waals surface area contributed by atoms with Crippen molar-refractivity contribution in [3.05, 3.63) is 41.6 Å². The quantitative estimate of drug-likeness (QED) is 0.876. The lowest BCUT2D eigenvalue weighted by Crippen LogP contribution is -2.02. The molecule has 2 N–H and O–H groups in total. The fraction of sp³-hybridized carbons (Fsp3) is 0.333. The van der Waals surface area contributed by atoms with E-state index in [0.29, 0.717) is 11.9 Å². The monoisotopic (exact) mass is 256 g/mol. The van der Waals surface area contributed by atoms with Crippen molar-refractivity contribution in [2.45, 2.75) is 26.7 Å². The summed E-state index contributed by atoms with van der Waals surface area (Å²) in [4.78, 5) is 8.64. The molecule has 0 aliphatic rings. The summed E-state index contributed by atoms with van der Waals surface area (Å²) in [6.45, 7) is 6.33. The molecule has 0 saturated heterocycles. The van der Waals surface area contributed by atoms with Gasteiger partial charge in [0.2, 0.25) is 5.95 Å². The van der Waals surface area contributed by atoms with E-state index in [1.165, 1.54) is 5.56 Å². The molecule has 1 aromatic carbocycles. The van der Waals surface area contributed by atoms with Crippen LogP contribution in [0.2, 0.25) is 0 Å². The Morgan fingerprint density at radius 2 is 1.74 bits per heavy atom. The highest BCUT2D eigenvalue weighted by Crippen LogP contribution is 2.20. The van der Waals surface area contributed by atoms with Gasteiger partial charge in [-0.3, -0.25) is 0 Å². The number of nitrogens with zero attached hydrogens (tertiary/aromatic N) is 2. The Hall–Kier alpha value is -2.10. The Kier molecular flexibility index (Phi) is 4.00. The summed E-state index contributed by atoms with van der Waals surface area (Å²) in [5, 5.41) is 6.25. The maximum Gasteiger partial charge on any atom is 0.224 e. The first-order valence-electron chi connectivity index (χ1n) is 6.49. The number of anilines is 3. The zero-order valence-electron chi connectivity index (χ0n) is 11.9. The smallest absolute Gasteiger partial charge is 0.224 e. The molecule has 0 radical (unpaired) electrons. The van der Waals surface area contributed by atoms with Crippen LogP contribution in [0, 0.1) is 6.92 Å². The van der Waals surface area contributed by atoms with Crippen LogP contribution in [0.3, 0.4) is 0 Å². The van der Waals surface area contributed by atoms with Crippen LogP contribution < -0.4 is 10.6 Å². The number of hydrogen-bond donors (Lipinski definition) is 2. The van der Waals surface area contributed by atoms with Crippen LogP contribution in [-0.4, -0.2) is 17.0 Å². The van der Waals surface area contributed by atoms with Crippen molar-refractivity contribution >= 4 is 17.5 Å². The molecule has 2 rings (SSSR count). The zero-order chi connectivity index (χ0) is 13.8. The summed E-state index contributed by atoms with van der Waals surface area (Å²) in [5.74, 6) is 1.97. The standard InChI is InChI=1S/C15H20N4/c1-10(2)12-5-7-13(8-6-12)18-14-9-11(3)17-15(16-4)19-14/h5-10H,1-4H3,(H2,16,17,18,19). The second-order valence-electron chi connectivity index (χ2n) is 4.87. The van der Waals surface area contributed by atoms with Crippen LogP contribution in [0.15, 0.2) is 30.3 Å². The summed E-state index contributed by atoms with van der Waals surface area (Å²) in [6, 6.07) is 10.4. The molecule has 0 unspecified atom stereocenters. The largest absolute Gasteiger partial charge is 0.357 e. The molecule has 0 atom stereocenters. The maximum absolute atomic E-state index is 4.37. The molecule has 1 heterocycles. The molecule has 100 valence electrons. The van der Waals surface area contributed by atoms with Gasteiger partial charge in [-0.25, -0.2) is 4.98 Å². The van der Waals surface area contributed by atoms with E-state index in [1.54, 1.807) is 0 Å². The van der Waals surface area contributed by atoms with Gasteiger partial charge in [-0.15, -0.1) is 0 Å². The lowest BCUT2D eigenvalue weighted by atomic mass is 10.0. The average molecular weight is 256 g/mol. The Labute approximate surface area is 114 Å². The van der Waals surface area contributed by atoms with E-state index >= 15 is 0 Å². The molecule has 0 aliphatic heterocycles. The van der Waals surface area contributed by atoms with E-state index in [1.807, 2.05) is 20.0 Å². The van der Waals surface area contributed by atoms with Crippen LogP contribution in [0.1, 0.15) is 31.0 Å². The second-order valence-corrected chi connectivity index (χ2v) is 4.87. The normalized spacial score (nSPS) is 10.6. The highest BCUT2D eigenvalue weighted by atomic mass is 15.1. The van der Waals surface area contributed by atoms with Gasteiger partial charge in [0.25, 0.3) is 0 Å². The lowest BCUT2D eigenvalue weighted by molar-refractivity contribution is 0.867. The predicted molar refractivity (Wildman–Crippen MR) is 80.1 cm³/mol. The van der Waals surface area contributed by atoms with E-state index < -0.39 is 0 Å². The Balaban J connectivity index is 2.18. The summed E-state index contributed by atoms with van der Waals surface area (Å²) in [6.07, 6.45) is 0. The fourth-order valence-electron chi connectivity index (χ4n) is 1.84. The molecule has 0 amide bonds. The predicted octanol–water partition coefficient (Wildman–Crippen LogP) is 3.69. The summed E-state index contributed by atoms with van der Waals surface area (Å²) in [5.41, 5.74) is 3.30. The molecule has 0 aliphatic carbocycles. The number of nitrogens with one attached hydrogen (secondary N) is 2. The van der Waals surface area contributed by atoms with Gasteiger partial charge >= 0.3 is 0 Å². The minimum absolute atomic E-state index is 0.547. The van der Waals surface area contributed by atoms with Gasteiger partial charge in [0.05, 0.1) is 0 Å². The molecular formula is C15H20N4. The van der Waals surface area contributed by atoms with Crippen LogP contribution in [-0.2, 0) is 0 Å². The van der Waals surface area contributed by atoms with Crippen LogP contribution in [0.4, 0.5) is 17.5 Å². The second kappa shape index (κ2) is 5.69. The van der Waals surface area contributed by atoms with E-state index in [-0.39, 0.29) is 0 Å². The van der Waals surface area contributed by atoms with Crippen molar-refractivity contribution < 1.29 is 0 Å². The molecule has 19 heavy (non-hydrogen) atoms. The molecule has 0 spiro atoms. The topological polar surface area (TPSA) is 49.8 Å².